The first-order valence-electron chi connectivity index (χ1n) is 10.9. The predicted octanol–water partition coefficient (Wildman–Crippen LogP) is 5.03. The lowest BCUT2D eigenvalue weighted by Crippen LogP contribution is -2.35. The molecule has 0 spiro atoms. The van der Waals surface area contributed by atoms with E-state index in [-0.39, 0.29) is 0 Å². The topological polar surface area (TPSA) is 40.2 Å². The van der Waals surface area contributed by atoms with E-state index in [1.165, 1.54) is 29.5 Å². The minimum atomic E-state index is 0.331. The lowest BCUT2D eigenvalue weighted by atomic mass is 9.76. The Morgan fingerprint density at radius 1 is 0.933 bits per heavy atom. The van der Waals surface area contributed by atoms with Crippen LogP contribution in [-0.4, -0.2) is 46.4 Å². The van der Waals surface area contributed by atoms with E-state index in [4.69, 9.17) is 18.9 Å². The summed E-state index contributed by atoms with van der Waals surface area (Å²) in [7, 11) is 7.33. The summed E-state index contributed by atoms with van der Waals surface area (Å²) in [6.45, 7) is 3.96. The van der Waals surface area contributed by atoms with E-state index < -0.39 is 0 Å². The molecule has 0 unspecified atom stereocenters. The molecule has 0 aromatic heterocycles. The van der Waals surface area contributed by atoms with Crippen molar-refractivity contribution >= 4 is 0 Å². The molecular weight excluding hydrogens is 378 g/mol. The molecule has 162 valence electrons. The summed E-state index contributed by atoms with van der Waals surface area (Å²) in [5.74, 6) is 3.19. The van der Waals surface area contributed by atoms with Gasteiger partial charge in [0.25, 0.3) is 0 Å². The summed E-state index contributed by atoms with van der Waals surface area (Å²) >= 11 is 0. The van der Waals surface area contributed by atoms with Crippen molar-refractivity contribution in [2.45, 2.75) is 45.1 Å². The van der Waals surface area contributed by atoms with Gasteiger partial charge < -0.3 is 18.9 Å². The van der Waals surface area contributed by atoms with Crippen LogP contribution in [0.2, 0.25) is 0 Å². The van der Waals surface area contributed by atoms with Gasteiger partial charge in [0.15, 0.2) is 23.0 Å². The quantitative estimate of drug-likeness (QED) is 0.570. The third kappa shape index (κ3) is 3.49. The van der Waals surface area contributed by atoms with Gasteiger partial charge in [0.1, 0.15) is 0 Å². The maximum Gasteiger partial charge on any atom is 0.168 e. The third-order valence-corrected chi connectivity index (χ3v) is 6.47. The Morgan fingerprint density at radius 3 is 2.37 bits per heavy atom. The Bertz CT molecular complexity index is 924. The van der Waals surface area contributed by atoms with Crippen molar-refractivity contribution in [1.82, 2.24) is 4.90 Å². The summed E-state index contributed by atoms with van der Waals surface area (Å²) in [4.78, 5) is 2.45. The van der Waals surface area contributed by atoms with Crippen molar-refractivity contribution in [1.29, 1.82) is 0 Å². The number of fused-ring (bicyclic) bond motifs is 2. The van der Waals surface area contributed by atoms with Crippen molar-refractivity contribution in [3.05, 3.63) is 34.9 Å². The number of benzene rings is 2. The number of hydrogen-bond acceptors (Lipinski definition) is 5. The second kappa shape index (κ2) is 8.76. The third-order valence-electron chi connectivity index (χ3n) is 6.47. The molecule has 5 nitrogen and oxygen atoms in total. The fraction of sp³-hybridized carbons (Fsp3) is 0.520. The highest BCUT2D eigenvalue weighted by molar-refractivity contribution is 5.85. The van der Waals surface area contributed by atoms with Crippen LogP contribution in [-0.2, 0) is 12.8 Å². The lowest BCUT2D eigenvalue weighted by Gasteiger charge is -2.40. The van der Waals surface area contributed by atoms with Crippen LogP contribution in [0.25, 0.3) is 11.1 Å². The number of ether oxygens (including phenoxy) is 4. The van der Waals surface area contributed by atoms with Gasteiger partial charge >= 0.3 is 0 Å². The van der Waals surface area contributed by atoms with E-state index in [2.05, 4.69) is 37.1 Å². The SMILES string of the molecule is CCCCCOc1cc2c3c(c1OC)-c1cc(OC)c(OC)cc1C[C@@H]3N(C)CC2. The summed E-state index contributed by atoms with van der Waals surface area (Å²) in [5.41, 5.74) is 6.32. The normalized spacial score (nSPS) is 17.2. The van der Waals surface area contributed by atoms with E-state index in [0.29, 0.717) is 12.6 Å². The number of methoxy groups -OCH3 is 3. The maximum atomic E-state index is 6.25. The predicted molar refractivity (Wildman–Crippen MR) is 119 cm³/mol. The minimum Gasteiger partial charge on any atom is -0.493 e. The standard InChI is InChI=1S/C25H33NO4/c1-6-7-8-11-30-22-13-16-9-10-26(2)19-12-17-14-20(27-3)21(28-4)15-18(17)24(23(16)19)25(22)29-5/h13-15,19H,6-12H2,1-5H3/t19-/m0/s1. The molecule has 0 radical (unpaired) electrons. The number of unbranched alkanes of at least 4 members (excludes halogenated alkanes) is 2. The van der Waals surface area contributed by atoms with Crippen molar-refractivity contribution in [2.75, 3.05) is 41.5 Å². The first-order chi connectivity index (χ1) is 14.6. The van der Waals surface area contributed by atoms with Gasteiger partial charge in [-0.1, -0.05) is 19.8 Å². The molecule has 0 saturated heterocycles. The molecule has 4 rings (SSSR count). The van der Waals surface area contributed by atoms with Crippen molar-refractivity contribution in [3.63, 3.8) is 0 Å². The van der Waals surface area contributed by atoms with Crippen LogP contribution >= 0.6 is 0 Å². The van der Waals surface area contributed by atoms with Crippen LogP contribution in [0.5, 0.6) is 23.0 Å². The summed E-state index contributed by atoms with van der Waals surface area (Å²) in [6.07, 6.45) is 5.38. The molecule has 30 heavy (non-hydrogen) atoms. The van der Waals surface area contributed by atoms with E-state index in [1.54, 1.807) is 21.3 Å². The Kier molecular flexibility index (Phi) is 6.09. The molecule has 0 amide bonds. The fourth-order valence-corrected chi connectivity index (χ4v) is 4.87. The molecule has 2 aromatic carbocycles. The second-order valence-electron chi connectivity index (χ2n) is 8.23. The lowest BCUT2D eigenvalue weighted by molar-refractivity contribution is 0.225. The summed E-state index contributed by atoms with van der Waals surface area (Å²) < 4.78 is 23.4. The molecule has 0 bridgehead atoms. The average Bonchev–Trinajstić information content (AvgIpc) is 2.77. The van der Waals surface area contributed by atoms with Gasteiger partial charge in [-0.05, 0) is 66.8 Å². The highest BCUT2D eigenvalue weighted by Crippen LogP contribution is 2.54. The van der Waals surface area contributed by atoms with E-state index in [1.807, 2.05) is 0 Å². The van der Waals surface area contributed by atoms with Crippen LogP contribution in [0.4, 0.5) is 0 Å². The zero-order valence-electron chi connectivity index (χ0n) is 18.8. The van der Waals surface area contributed by atoms with Crippen molar-refractivity contribution < 1.29 is 18.9 Å². The summed E-state index contributed by atoms with van der Waals surface area (Å²) in [5, 5.41) is 0. The van der Waals surface area contributed by atoms with Crippen LogP contribution in [0.1, 0.15) is 48.9 Å². The number of nitrogens with zero attached hydrogens (tertiary/aromatic N) is 1. The molecule has 1 aliphatic heterocycles. The Labute approximate surface area is 179 Å². The van der Waals surface area contributed by atoms with Gasteiger partial charge in [0.2, 0.25) is 0 Å². The van der Waals surface area contributed by atoms with Crippen LogP contribution < -0.4 is 18.9 Å². The molecule has 0 N–H and O–H groups in total. The number of hydrogen-bond donors (Lipinski definition) is 0. The zero-order chi connectivity index (χ0) is 21.3. The molecule has 0 fully saturated rings. The Hall–Kier alpha value is -2.40. The fourth-order valence-electron chi connectivity index (χ4n) is 4.87. The van der Waals surface area contributed by atoms with Crippen molar-refractivity contribution in [2.24, 2.45) is 0 Å². The van der Waals surface area contributed by atoms with Crippen LogP contribution in [0.3, 0.4) is 0 Å². The largest absolute Gasteiger partial charge is 0.493 e. The molecule has 1 aliphatic carbocycles. The number of rotatable bonds is 8. The Balaban J connectivity index is 1.90. The molecule has 1 heterocycles. The van der Waals surface area contributed by atoms with Crippen molar-refractivity contribution in [3.8, 4) is 34.1 Å². The summed E-state index contributed by atoms with van der Waals surface area (Å²) in [6, 6.07) is 6.76. The highest BCUT2D eigenvalue weighted by Gasteiger charge is 2.37. The Morgan fingerprint density at radius 2 is 1.67 bits per heavy atom. The van der Waals surface area contributed by atoms with E-state index in [0.717, 1.165) is 59.9 Å². The minimum absolute atomic E-state index is 0.331. The maximum absolute atomic E-state index is 6.25. The number of likely N-dealkylation sites (N-methyl/N-ethyl adjacent to an activating group) is 1. The van der Waals surface area contributed by atoms with Crippen LogP contribution in [0, 0.1) is 0 Å². The highest BCUT2D eigenvalue weighted by atomic mass is 16.5. The molecule has 2 aromatic rings. The van der Waals surface area contributed by atoms with Gasteiger partial charge in [-0.25, -0.2) is 0 Å². The first kappa shape index (κ1) is 20.9. The van der Waals surface area contributed by atoms with Gasteiger partial charge in [-0.2, -0.15) is 0 Å². The smallest absolute Gasteiger partial charge is 0.168 e. The van der Waals surface area contributed by atoms with Gasteiger partial charge in [-0.3, -0.25) is 4.90 Å². The molecule has 5 heteroatoms. The molecule has 2 aliphatic rings. The second-order valence-corrected chi connectivity index (χ2v) is 8.23. The van der Waals surface area contributed by atoms with E-state index in [9.17, 15) is 0 Å². The van der Waals surface area contributed by atoms with Gasteiger partial charge in [0.05, 0.1) is 27.9 Å². The molecule has 0 saturated carbocycles. The van der Waals surface area contributed by atoms with Crippen LogP contribution in [0.15, 0.2) is 18.2 Å². The van der Waals surface area contributed by atoms with E-state index >= 15 is 0 Å². The molecule has 1 atom stereocenters. The zero-order valence-corrected chi connectivity index (χ0v) is 18.8. The average molecular weight is 412 g/mol. The first-order valence-corrected chi connectivity index (χ1v) is 10.9. The van der Waals surface area contributed by atoms with Gasteiger partial charge in [-0.15, -0.1) is 0 Å². The molecular formula is C25H33NO4. The van der Waals surface area contributed by atoms with Gasteiger partial charge in [0, 0.05) is 18.2 Å². The monoisotopic (exact) mass is 411 g/mol.